The molecule has 1 aromatic heterocycles. The van der Waals surface area contributed by atoms with Crippen molar-refractivity contribution in [3.63, 3.8) is 0 Å². The van der Waals surface area contributed by atoms with Crippen molar-refractivity contribution in [3.8, 4) is 6.07 Å². The Morgan fingerprint density at radius 3 is 2.71 bits per heavy atom. The van der Waals surface area contributed by atoms with E-state index in [1.165, 1.54) is 0 Å². The van der Waals surface area contributed by atoms with Crippen molar-refractivity contribution in [1.29, 1.82) is 5.26 Å². The van der Waals surface area contributed by atoms with E-state index in [1.54, 1.807) is 6.20 Å². The van der Waals surface area contributed by atoms with E-state index in [2.05, 4.69) is 16.0 Å². The minimum atomic E-state index is 0. The second-order valence-electron chi connectivity index (χ2n) is 3.72. The van der Waals surface area contributed by atoms with Crippen LogP contribution in [0.3, 0.4) is 0 Å². The number of nitrogens with one attached hydrogen (secondary N) is 1. The summed E-state index contributed by atoms with van der Waals surface area (Å²) in [5.74, 6) is 0.609. The topological polar surface area (TPSA) is 55.7 Å². The van der Waals surface area contributed by atoms with Gasteiger partial charge in [0.25, 0.3) is 0 Å². The summed E-state index contributed by atoms with van der Waals surface area (Å²) in [4.78, 5) is 9.31. The number of aromatic amines is 1. The number of nitrogens with zero attached hydrogens (tertiary/aromatic N) is 3. The van der Waals surface area contributed by atoms with Gasteiger partial charge in [-0.2, -0.15) is 5.26 Å². The Bertz CT molecular complexity index is 544. The van der Waals surface area contributed by atoms with Crippen LogP contribution in [0.2, 0.25) is 0 Å². The summed E-state index contributed by atoms with van der Waals surface area (Å²) in [6, 6.07) is 9.86. The van der Waals surface area contributed by atoms with Gasteiger partial charge in [0, 0.05) is 20.3 Å². The average Bonchev–Trinajstić information content (AvgIpc) is 2.68. The molecule has 5 heteroatoms. The van der Waals surface area contributed by atoms with Gasteiger partial charge in [0.05, 0.1) is 11.0 Å². The van der Waals surface area contributed by atoms with Crippen LogP contribution in [0.25, 0.3) is 16.6 Å². The van der Waals surface area contributed by atoms with Gasteiger partial charge >= 0.3 is 0 Å². The van der Waals surface area contributed by atoms with Gasteiger partial charge in [0.1, 0.15) is 11.6 Å². The molecular formula is C12H13ClN4. The monoisotopic (exact) mass is 248 g/mol. The Hall–Kier alpha value is -1.99. The van der Waals surface area contributed by atoms with Crippen LogP contribution >= 0.6 is 12.4 Å². The fourth-order valence-corrected chi connectivity index (χ4v) is 1.48. The number of hydrogen-bond donors (Lipinski definition) is 1. The van der Waals surface area contributed by atoms with Crippen molar-refractivity contribution in [3.05, 3.63) is 36.3 Å². The molecule has 2 rings (SSSR count). The molecule has 0 saturated carbocycles. The van der Waals surface area contributed by atoms with Crippen LogP contribution in [0.15, 0.2) is 30.5 Å². The zero-order valence-corrected chi connectivity index (χ0v) is 10.5. The van der Waals surface area contributed by atoms with Crippen molar-refractivity contribution < 1.29 is 0 Å². The molecule has 17 heavy (non-hydrogen) atoms. The summed E-state index contributed by atoms with van der Waals surface area (Å²) in [7, 11) is 3.75. The van der Waals surface area contributed by atoms with Crippen LogP contribution in [0.5, 0.6) is 0 Å². The van der Waals surface area contributed by atoms with Crippen molar-refractivity contribution in [1.82, 2.24) is 14.9 Å². The summed E-state index contributed by atoms with van der Waals surface area (Å²) in [5, 5.41) is 9.05. The summed E-state index contributed by atoms with van der Waals surface area (Å²) in [6.07, 6.45) is 1.75. The Labute approximate surface area is 106 Å². The number of aromatic nitrogens is 2. The van der Waals surface area contributed by atoms with Crippen molar-refractivity contribution in [2.24, 2.45) is 0 Å². The van der Waals surface area contributed by atoms with E-state index in [4.69, 9.17) is 5.26 Å². The van der Waals surface area contributed by atoms with Gasteiger partial charge in [0.15, 0.2) is 5.82 Å². The van der Waals surface area contributed by atoms with Crippen LogP contribution in [-0.2, 0) is 0 Å². The third-order valence-corrected chi connectivity index (χ3v) is 2.15. The standard InChI is InChI=1S/C12H12N4.ClH/c1-16(2)8-9(7-13)12-14-10-5-3-4-6-11(10)15-12;/h3-6,8H,1-2H3,(H,14,15);1H. The molecule has 1 N–H and O–H groups in total. The van der Waals surface area contributed by atoms with Crippen LogP contribution in [-0.4, -0.2) is 29.0 Å². The van der Waals surface area contributed by atoms with Gasteiger partial charge in [0.2, 0.25) is 0 Å². The largest absolute Gasteiger partial charge is 0.382 e. The van der Waals surface area contributed by atoms with E-state index < -0.39 is 0 Å². The van der Waals surface area contributed by atoms with E-state index in [-0.39, 0.29) is 12.4 Å². The molecule has 0 bridgehead atoms. The third kappa shape index (κ3) is 2.77. The summed E-state index contributed by atoms with van der Waals surface area (Å²) >= 11 is 0. The second-order valence-corrected chi connectivity index (χ2v) is 3.72. The predicted octanol–water partition coefficient (Wildman–Crippen LogP) is 2.41. The van der Waals surface area contributed by atoms with E-state index in [0.29, 0.717) is 11.4 Å². The lowest BCUT2D eigenvalue weighted by molar-refractivity contribution is 0.566. The molecule has 2 aromatic rings. The first-order valence-electron chi connectivity index (χ1n) is 4.94. The highest BCUT2D eigenvalue weighted by Gasteiger charge is 2.07. The zero-order valence-electron chi connectivity index (χ0n) is 9.64. The number of hydrogen-bond acceptors (Lipinski definition) is 3. The minimum absolute atomic E-state index is 0. The lowest BCUT2D eigenvalue weighted by Gasteiger charge is -2.04. The molecule has 0 spiro atoms. The molecule has 0 unspecified atom stereocenters. The van der Waals surface area contributed by atoms with Crippen molar-refractivity contribution >= 4 is 29.0 Å². The van der Waals surface area contributed by atoms with Crippen molar-refractivity contribution in [2.75, 3.05) is 14.1 Å². The van der Waals surface area contributed by atoms with Gasteiger partial charge in [-0.05, 0) is 12.1 Å². The maximum Gasteiger partial charge on any atom is 0.150 e. The number of fused-ring (bicyclic) bond motifs is 1. The molecule has 0 aliphatic heterocycles. The maximum absolute atomic E-state index is 9.05. The number of rotatable bonds is 2. The molecule has 4 nitrogen and oxygen atoms in total. The molecule has 1 aromatic carbocycles. The molecule has 0 radical (unpaired) electrons. The first-order valence-corrected chi connectivity index (χ1v) is 4.94. The molecule has 1 heterocycles. The van der Waals surface area contributed by atoms with E-state index in [9.17, 15) is 0 Å². The van der Waals surface area contributed by atoms with Gasteiger partial charge in [-0.1, -0.05) is 12.1 Å². The lowest BCUT2D eigenvalue weighted by Crippen LogP contribution is -2.02. The Kier molecular flexibility index (Phi) is 4.13. The van der Waals surface area contributed by atoms with E-state index in [1.807, 2.05) is 43.3 Å². The smallest absolute Gasteiger partial charge is 0.150 e. The van der Waals surface area contributed by atoms with Crippen LogP contribution in [0.1, 0.15) is 5.82 Å². The first kappa shape index (κ1) is 13.1. The number of benzene rings is 1. The van der Waals surface area contributed by atoms with Crippen LogP contribution < -0.4 is 0 Å². The maximum atomic E-state index is 9.05. The number of para-hydroxylation sites is 2. The van der Waals surface area contributed by atoms with Crippen LogP contribution in [0, 0.1) is 11.3 Å². The summed E-state index contributed by atoms with van der Waals surface area (Å²) < 4.78 is 0. The fourth-order valence-electron chi connectivity index (χ4n) is 1.48. The molecular weight excluding hydrogens is 236 g/mol. The zero-order chi connectivity index (χ0) is 11.5. The fraction of sp³-hybridized carbons (Fsp3) is 0.167. The highest BCUT2D eigenvalue weighted by molar-refractivity contribution is 5.85. The number of imidazole rings is 1. The number of nitriles is 1. The highest BCUT2D eigenvalue weighted by atomic mass is 35.5. The van der Waals surface area contributed by atoms with Crippen molar-refractivity contribution in [2.45, 2.75) is 0 Å². The molecule has 0 fully saturated rings. The SMILES string of the molecule is CN(C)C=C(C#N)c1nc2ccccc2[nH]1.Cl. The molecule has 0 aliphatic carbocycles. The molecule has 88 valence electrons. The Balaban J connectivity index is 0.00000144. The van der Waals surface area contributed by atoms with Gasteiger partial charge in [-0.15, -0.1) is 12.4 Å². The van der Waals surface area contributed by atoms with Gasteiger partial charge in [-0.3, -0.25) is 0 Å². The van der Waals surface area contributed by atoms with Crippen LogP contribution in [0.4, 0.5) is 0 Å². The number of allylic oxidation sites excluding steroid dienone is 1. The molecule has 0 saturated heterocycles. The Morgan fingerprint density at radius 2 is 2.12 bits per heavy atom. The predicted molar refractivity (Wildman–Crippen MR) is 70.6 cm³/mol. The first-order chi connectivity index (χ1) is 7.70. The molecule has 0 aliphatic rings. The normalized spacial score (nSPS) is 10.8. The highest BCUT2D eigenvalue weighted by Crippen LogP contribution is 2.16. The number of H-pyrrole nitrogens is 1. The number of halogens is 1. The quantitative estimate of drug-likeness (QED) is 0.831. The second kappa shape index (κ2) is 5.37. The molecule has 0 amide bonds. The van der Waals surface area contributed by atoms with Gasteiger partial charge in [-0.25, -0.2) is 4.98 Å². The van der Waals surface area contributed by atoms with Gasteiger partial charge < -0.3 is 9.88 Å². The Morgan fingerprint density at radius 1 is 1.41 bits per heavy atom. The van der Waals surface area contributed by atoms with E-state index in [0.717, 1.165) is 11.0 Å². The third-order valence-electron chi connectivity index (χ3n) is 2.15. The summed E-state index contributed by atoms with van der Waals surface area (Å²) in [6.45, 7) is 0. The minimum Gasteiger partial charge on any atom is -0.382 e. The van der Waals surface area contributed by atoms with E-state index >= 15 is 0 Å². The molecule has 0 atom stereocenters. The summed E-state index contributed by atoms with van der Waals surface area (Å²) in [5.41, 5.74) is 2.34. The lowest BCUT2D eigenvalue weighted by atomic mass is 10.3. The average molecular weight is 249 g/mol.